The van der Waals surface area contributed by atoms with Crippen LogP contribution in [0.3, 0.4) is 0 Å². The van der Waals surface area contributed by atoms with Gasteiger partial charge in [-0.05, 0) is 49.2 Å². The van der Waals surface area contributed by atoms with Crippen LogP contribution in [0.15, 0.2) is 47.4 Å². The van der Waals surface area contributed by atoms with E-state index in [1.807, 2.05) is 0 Å². The lowest BCUT2D eigenvalue weighted by Crippen LogP contribution is -2.31. The summed E-state index contributed by atoms with van der Waals surface area (Å²) in [6.45, 7) is 0. The van der Waals surface area contributed by atoms with Crippen molar-refractivity contribution in [2.24, 2.45) is 11.7 Å². The van der Waals surface area contributed by atoms with Crippen molar-refractivity contribution in [1.82, 2.24) is 9.97 Å². The van der Waals surface area contributed by atoms with E-state index in [2.05, 4.69) is 15.3 Å². The van der Waals surface area contributed by atoms with Gasteiger partial charge in [-0.1, -0.05) is 0 Å². The number of hydrogen-bond donors (Lipinski definition) is 3. The second kappa shape index (κ2) is 7.34. The summed E-state index contributed by atoms with van der Waals surface area (Å²) in [4.78, 5) is 31.4. The van der Waals surface area contributed by atoms with Gasteiger partial charge in [-0.2, -0.15) is 8.42 Å². The first kappa shape index (κ1) is 19.7. The minimum Gasteiger partial charge on any atom is -0.379 e. The zero-order chi connectivity index (χ0) is 21.5. The molecule has 0 atom stereocenters. The highest BCUT2D eigenvalue weighted by Crippen LogP contribution is 2.30. The molecule has 3 aromatic rings. The summed E-state index contributed by atoms with van der Waals surface area (Å²) in [6.07, 6.45) is 1.75. The van der Waals surface area contributed by atoms with Gasteiger partial charge >= 0.3 is 16.1 Å². The number of fused-ring (bicyclic) bond motifs is 1. The number of carbonyl (C=O) groups excluding carboxylic acids is 2. The van der Waals surface area contributed by atoms with Crippen molar-refractivity contribution in [2.75, 3.05) is 17.3 Å². The minimum atomic E-state index is -4.10. The molecule has 0 radical (unpaired) electrons. The molecule has 1 aliphatic carbocycles. The third-order valence-corrected chi connectivity index (χ3v) is 5.95. The fraction of sp³-hybridized carbons (Fsp3) is 0.211. The van der Waals surface area contributed by atoms with Gasteiger partial charge in [-0.15, -0.1) is 0 Å². The summed E-state index contributed by atoms with van der Waals surface area (Å²) in [5.74, 6) is 0.343. The van der Waals surface area contributed by atoms with E-state index >= 15 is 0 Å². The second-order valence-corrected chi connectivity index (χ2v) is 8.50. The lowest BCUT2D eigenvalue weighted by Gasteiger charge is -2.14. The Hall–Kier alpha value is -3.60. The zero-order valence-corrected chi connectivity index (χ0v) is 16.8. The monoisotopic (exact) mass is 429 g/mol. The summed E-state index contributed by atoms with van der Waals surface area (Å²) in [5, 5.41) is 2.71. The number of nitrogens with two attached hydrogens (primary N) is 1. The number of H-pyrrole nitrogens is 1. The molecular weight excluding hydrogens is 410 g/mol. The number of imidazole rings is 1. The van der Waals surface area contributed by atoms with Crippen LogP contribution in [0.5, 0.6) is 5.75 Å². The van der Waals surface area contributed by atoms with E-state index in [9.17, 15) is 18.0 Å². The first-order chi connectivity index (χ1) is 14.2. The number of amides is 3. The quantitative estimate of drug-likeness (QED) is 0.512. The van der Waals surface area contributed by atoms with E-state index in [-0.39, 0.29) is 22.5 Å². The van der Waals surface area contributed by atoms with E-state index in [0.717, 1.165) is 12.8 Å². The average molecular weight is 429 g/mol. The maximum Gasteiger partial charge on any atom is 0.339 e. The fourth-order valence-corrected chi connectivity index (χ4v) is 3.73. The minimum absolute atomic E-state index is 0.0383. The molecule has 2 aromatic carbocycles. The summed E-state index contributed by atoms with van der Waals surface area (Å²) in [7, 11) is -2.62. The Kier molecular flexibility index (Phi) is 4.82. The maximum atomic E-state index is 12.6. The standard InChI is InChI=1S/C19H19N5O5S/c1-24(18(20)26)12-4-7-14(8-5-12)30(27,28)29-13-6-9-15-16(10-13)22-19(21-15)23-17(25)11-2-3-11/h4-11H,2-3H2,1H3,(H2,20,26)(H2,21,22,23,25). The topological polar surface area (TPSA) is 147 Å². The molecule has 1 fully saturated rings. The van der Waals surface area contributed by atoms with Gasteiger partial charge in [0.2, 0.25) is 11.9 Å². The molecule has 0 saturated heterocycles. The number of aromatic amines is 1. The number of nitrogens with zero attached hydrogens (tertiary/aromatic N) is 2. The normalized spacial score (nSPS) is 13.8. The number of rotatable bonds is 6. The molecule has 1 saturated carbocycles. The van der Waals surface area contributed by atoms with E-state index in [4.69, 9.17) is 9.92 Å². The largest absolute Gasteiger partial charge is 0.379 e. The molecule has 0 bridgehead atoms. The van der Waals surface area contributed by atoms with Crippen molar-refractivity contribution in [3.8, 4) is 5.75 Å². The molecule has 1 aliphatic rings. The van der Waals surface area contributed by atoms with Crippen LogP contribution in [0.25, 0.3) is 11.0 Å². The van der Waals surface area contributed by atoms with Crippen LogP contribution in [0, 0.1) is 5.92 Å². The van der Waals surface area contributed by atoms with Gasteiger partial charge < -0.3 is 14.9 Å². The molecular formula is C19H19N5O5S. The van der Waals surface area contributed by atoms with Gasteiger partial charge in [0.15, 0.2) is 0 Å². The molecule has 0 aliphatic heterocycles. The number of carbonyl (C=O) groups is 2. The van der Waals surface area contributed by atoms with E-state index in [0.29, 0.717) is 22.7 Å². The second-order valence-electron chi connectivity index (χ2n) is 6.96. The van der Waals surface area contributed by atoms with Crippen molar-refractivity contribution < 1.29 is 22.2 Å². The van der Waals surface area contributed by atoms with Crippen LogP contribution >= 0.6 is 0 Å². The number of anilines is 2. The highest BCUT2D eigenvalue weighted by atomic mass is 32.2. The zero-order valence-electron chi connectivity index (χ0n) is 16.0. The van der Waals surface area contributed by atoms with E-state index in [1.165, 1.54) is 48.3 Å². The van der Waals surface area contributed by atoms with Crippen LogP contribution in [0.4, 0.5) is 16.4 Å². The van der Waals surface area contributed by atoms with Gasteiger partial charge in [0.05, 0.1) is 11.0 Å². The molecule has 0 spiro atoms. The van der Waals surface area contributed by atoms with Crippen LogP contribution in [0.1, 0.15) is 12.8 Å². The highest BCUT2D eigenvalue weighted by molar-refractivity contribution is 7.87. The molecule has 3 amide bonds. The Morgan fingerprint density at radius 1 is 1.20 bits per heavy atom. The maximum absolute atomic E-state index is 12.6. The molecule has 30 heavy (non-hydrogen) atoms. The number of nitrogens with one attached hydrogen (secondary N) is 2. The lowest BCUT2D eigenvalue weighted by molar-refractivity contribution is -0.117. The van der Waals surface area contributed by atoms with Crippen molar-refractivity contribution in [1.29, 1.82) is 0 Å². The Morgan fingerprint density at radius 2 is 1.90 bits per heavy atom. The summed E-state index contributed by atoms with van der Waals surface area (Å²) >= 11 is 0. The van der Waals surface area contributed by atoms with Gasteiger partial charge in [0, 0.05) is 24.7 Å². The van der Waals surface area contributed by atoms with Crippen LogP contribution in [-0.4, -0.2) is 37.4 Å². The van der Waals surface area contributed by atoms with Crippen molar-refractivity contribution in [3.05, 3.63) is 42.5 Å². The molecule has 11 heteroatoms. The lowest BCUT2D eigenvalue weighted by atomic mass is 10.3. The molecule has 10 nitrogen and oxygen atoms in total. The van der Waals surface area contributed by atoms with Crippen molar-refractivity contribution >= 4 is 44.7 Å². The number of urea groups is 1. The number of hydrogen-bond acceptors (Lipinski definition) is 6. The first-order valence-electron chi connectivity index (χ1n) is 9.11. The summed E-state index contributed by atoms with van der Waals surface area (Å²) < 4.78 is 30.4. The fourth-order valence-electron chi connectivity index (χ4n) is 2.80. The Balaban J connectivity index is 1.52. The van der Waals surface area contributed by atoms with Gasteiger partial charge in [0.25, 0.3) is 0 Å². The number of aromatic nitrogens is 2. The third kappa shape index (κ3) is 4.06. The van der Waals surface area contributed by atoms with E-state index < -0.39 is 16.1 Å². The summed E-state index contributed by atoms with van der Waals surface area (Å²) in [6, 6.07) is 9.44. The van der Waals surface area contributed by atoms with Crippen LogP contribution in [0.2, 0.25) is 0 Å². The Labute approximate surface area is 172 Å². The van der Waals surface area contributed by atoms with Gasteiger partial charge in [-0.25, -0.2) is 9.78 Å². The molecule has 4 rings (SSSR count). The van der Waals surface area contributed by atoms with E-state index in [1.54, 1.807) is 6.07 Å². The van der Waals surface area contributed by atoms with Gasteiger partial charge in [-0.3, -0.25) is 15.0 Å². The predicted molar refractivity (Wildman–Crippen MR) is 110 cm³/mol. The summed E-state index contributed by atoms with van der Waals surface area (Å²) in [5.41, 5.74) is 6.72. The first-order valence-corrected chi connectivity index (χ1v) is 10.5. The molecule has 1 aromatic heterocycles. The third-order valence-electron chi connectivity index (χ3n) is 4.69. The smallest absolute Gasteiger partial charge is 0.339 e. The Bertz CT molecular complexity index is 1230. The van der Waals surface area contributed by atoms with Crippen LogP contribution in [-0.2, 0) is 14.9 Å². The van der Waals surface area contributed by atoms with Crippen molar-refractivity contribution in [2.45, 2.75) is 17.7 Å². The molecule has 0 unspecified atom stereocenters. The van der Waals surface area contributed by atoms with Crippen molar-refractivity contribution in [3.63, 3.8) is 0 Å². The molecule has 4 N–H and O–H groups in total. The molecule has 156 valence electrons. The van der Waals surface area contributed by atoms with Gasteiger partial charge in [0.1, 0.15) is 10.6 Å². The Morgan fingerprint density at radius 3 is 2.53 bits per heavy atom. The highest BCUT2D eigenvalue weighted by Gasteiger charge is 2.30. The van der Waals surface area contributed by atoms with Crippen LogP contribution < -0.4 is 20.1 Å². The SMILES string of the molecule is CN(C(N)=O)c1ccc(S(=O)(=O)Oc2ccc3nc(NC(=O)C4CC4)[nH]c3c2)cc1. The molecule has 1 heterocycles. The number of primary amides is 1. The average Bonchev–Trinajstić information content (AvgIpc) is 3.48. The predicted octanol–water partition coefficient (Wildman–Crippen LogP) is 2.19. The number of benzene rings is 2.